The summed E-state index contributed by atoms with van der Waals surface area (Å²) in [5.74, 6) is 0.0612. The molecule has 140 valence electrons. The number of hydrogen-bond donors (Lipinski definition) is 1. The quantitative estimate of drug-likeness (QED) is 0.717. The molecule has 0 fully saturated rings. The second-order valence-corrected chi connectivity index (χ2v) is 7.12. The molecule has 0 spiro atoms. The third-order valence-electron chi connectivity index (χ3n) is 4.85. The van der Waals surface area contributed by atoms with Crippen molar-refractivity contribution in [3.8, 4) is 0 Å². The molecule has 0 saturated heterocycles. The second-order valence-electron chi connectivity index (χ2n) is 7.12. The molecule has 27 heavy (non-hydrogen) atoms. The monoisotopic (exact) mass is 362 g/mol. The number of carbonyl (C=O) groups is 1. The zero-order chi connectivity index (χ0) is 19.4. The zero-order valence-electron chi connectivity index (χ0n) is 16.2. The normalized spacial score (nSPS) is 10.9. The number of nitrogens with zero attached hydrogens (tertiary/aromatic N) is 1. The largest absolute Gasteiger partial charge is 0.338 e. The van der Waals surface area contributed by atoms with E-state index < -0.39 is 0 Å². The van der Waals surface area contributed by atoms with Gasteiger partial charge in [0.1, 0.15) is 0 Å². The fourth-order valence-electron chi connectivity index (χ4n) is 3.33. The van der Waals surface area contributed by atoms with Crippen molar-refractivity contribution in [2.75, 3.05) is 6.54 Å². The molecule has 3 rings (SSSR count). The van der Waals surface area contributed by atoms with Gasteiger partial charge in [-0.3, -0.25) is 9.59 Å². The number of aromatic amines is 1. The molecule has 1 amide bonds. The first-order chi connectivity index (χ1) is 13.0. The van der Waals surface area contributed by atoms with Crippen LogP contribution < -0.4 is 5.56 Å². The molecule has 0 aliphatic rings. The van der Waals surface area contributed by atoms with Crippen molar-refractivity contribution >= 4 is 16.8 Å². The molecule has 0 aliphatic heterocycles. The molecule has 0 atom stereocenters. The van der Waals surface area contributed by atoms with E-state index in [1.807, 2.05) is 44.2 Å². The highest BCUT2D eigenvalue weighted by molar-refractivity contribution is 5.80. The third-order valence-corrected chi connectivity index (χ3v) is 4.85. The Bertz CT molecular complexity index is 1020. The molecule has 0 radical (unpaired) electrons. The van der Waals surface area contributed by atoms with Crippen molar-refractivity contribution < 1.29 is 4.79 Å². The molecular formula is C23H26N2O2. The van der Waals surface area contributed by atoms with Crippen LogP contribution in [0.1, 0.15) is 35.6 Å². The van der Waals surface area contributed by atoms with Crippen molar-refractivity contribution in [3.05, 3.63) is 81.1 Å². The van der Waals surface area contributed by atoms with Gasteiger partial charge in [0.15, 0.2) is 0 Å². The van der Waals surface area contributed by atoms with Crippen LogP contribution in [0.3, 0.4) is 0 Å². The molecule has 0 unspecified atom stereocenters. The lowest BCUT2D eigenvalue weighted by molar-refractivity contribution is -0.131. The summed E-state index contributed by atoms with van der Waals surface area (Å²) in [5.41, 5.74) is 4.84. The van der Waals surface area contributed by atoms with E-state index in [1.165, 1.54) is 11.1 Å². The summed E-state index contributed by atoms with van der Waals surface area (Å²) < 4.78 is 0. The lowest BCUT2D eigenvalue weighted by atomic mass is 10.1. The number of aryl methyl sites for hydroxylation is 2. The summed E-state index contributed by atoms with van der Waals surface area (Å²) >= 11 is 0. The van der Waals surface area contributed by atoms with Gasteiger partial charge in [0, 0.05) is 24.0 Å². The van der Waals surface area contributed by atoms with E-state index in [1.54, 1.807) is 4.90 Å². The van der Waals surface area contributed by atoms with Gasteiger partial charge in [0.25, 0.3) is 5.56 Å². The van der Waals surface area contributed by atoms with Crippen LogP contribution in [0.2, 0.25) is 0 Å². The molecular weight excluding hydrogens is 336 g/mol. The number of amides is 1. The Kier molecular flexibility index (Phi) is 5.75. The van der Waals surface area contributed by atoms with Crippen LogP contribution in [0.15, 0.2) is 53.3 Å². The number of rotatable bonds is 6. The highest BCUT2D eigenvalue weighted by atomic mass is 16.2. The second kappa shape index (κ2) is 8.21. The van der Waals surface area contributed by atoms with Crippen molar-refractivity contribution in [1.82, 2.24) is 9.88 Å². The lowest BCUT2D eigenvalue weighted by Crippen LogP contribution is -2.34. The Morgan fingerprint density at radius 2 is 1.81 bits per heavy atom. The highest BCUT2D eigenvalue weighted by Gasteiger charge is 2.15. The maximum absolute atomic E-state index is 12.5. The van der Waals surface area contributed by atoms with Gasteiger partial charge in [-0.25, -0.2) is 0 Å². The molecule has 0 bridgehead atoms. The molecule has 2 aromatic carbocycles. The number of benzene rings is 2. The summed E-state index contributed by atoms with van der Waals surface area (Å²) in [7, 11) is 0. The van der Waals surface area contributed by atoms with Crippen LogP contribution >= 0.6 is 0 Å². The lowest BCUT2D eigenvalue weighted by Gasteiger charge is -2.22. The minimum absolute atomic E-state index is 0.0612. The van der Waals surface area contributed by atoms with E-state index in [2.05, 4.69) is 30.1 Å². The SMILES string of the molecule is CCC(=O)N(CCc1cccc(C)c1)Cc1cc2ccc(C)cc2[nH]c1=O. The van der Waals surface area contributed by atoms with Crippen molar-refractivity contribution in [1.29, 1.82) is 0 Å². The van der Waals surface area contributed by atoms with Crippen LogP contribution in [-0.2, 0) is 17.8 Å². The maximum Gasteiger partial charge on any atom is 0.253 e. The topological polar surface area (TPSA) is 53.2 Å². The zero-order valence-corrected chi connectivity index (χ0v) is 16.2. The number of nitrogens with one attached hydrogen (secondary N) is 1. The van der Waals surface area contributed by atoms with Crippen LogP contribution in [0, 0.1) is 13.8 Å². The predicted octanol–water partition coefficient (Wildman–Crippen LogP) is 4.13. The van der Waals surface area contributed by atoms with Gasteiger partial charge >= 0.3 is 0 Å². The van der Waals surface area contributed by atoms with Crippen molar-refractivity contribution in [2.45, 2.75) is 40.2 Å². The van der Waals surface area contributed by atoms with Gasteiger partial charge in [-0.05, 0) is 48.9 Å². The molecule has 1 N–H and O–H groups in total. The number of pyridine rings is 1. The van der Waals surface area contributed by atoms with Gasteiger partial charge in [0.2, 0.25) is 5.91 Å². The summed E-state index contributed by atoms with van der Waals surface area (Å²) in [6.07, 6.45) is 1.20. The van der Waals surface area contributed by atoms with Crippen molar-refractivity contribution in [2.24, 2.45) is 0 Å². The highest BCUT2D eigenvalue weighted by Crippen LogP contribution is 2.15. The number of aromatic nitrogens is 1. The van der Waals surface area contributed by atoms with Gasteiger partial charge < -0.3 is 9.88 Å². The van der Waals surface area contributed by atoms with E-state index in [9.17, 15) is 9.59 Å². The number of carbonyl (C=O) groups excluding carboxylic acids is 1. The van der Waals surface area contributed by atoms with Gasteiger partial charge in [-0.15, -0.1) is 0 Å². The van der Waals surface area contributed by atoms with E-state index in [-0.39, 0.29) is 11.5 Å². The van der Waals surface area contributed by atoms with Gasteiger partial charge in [-0.2, -0.15) is 0 Å². The fraction of sp³-hybridized carbons (Fsp3) is 0.304. The van der Waals surface area contributed by atoms with E-state index in [4.69, 9.17) is 0 Å². The Balaban J connectivity index is 1.83. The van der Waals surface area contributed by atoms with Crippen LogP contribution in [0.5, 0.6) is 0 Å². The predicted molar refractivity (Wildman–Crippen MR) is 110 cm³/mol. The Hall–Kier alpha value is -2.88. The summed E-state index contributed by atoms with van der Waals surface area (Å²) in [6.45, 7) is 6.85. The van der Waals surface area contributed by atoms with E-state index in [0.717, 1.165) is 22.9 Å². The van der Waals surface area contributed by atoms with Crippen LogP contribution in [-0.4, -0.2) is 22.3 Å². The average molecular weight is 362 g/mol. The molecule has 4 heteroatoms. The molecule has 4 nitrogen and oxygen atoms in total. The van der Waals surface area contributed by atoms with Gasteiger partial charge in [0.05, 0.1) is 6.54 Å². The molecule has 0 aliphatic carbocycles. The molecule has 1 aromatic heterocycles. The molecule has 3 aromatic rings. The van der Waals surface area contributed by atoms with Crippen LogP contribution in [0.4, 0.5) is 0 Å². The number of fused-ring (bicyclic) bond motifs is 1. The van der Waals surface area contributed by atoms with E-state index >= 15 is 0 Å². The smallest absolute Gasteiger partial charge is 0.253 e. The third kappa shape index (κ3) is 4.64. The van der Waals surface area contributed by atoms with Crippen LogP contribution in [0.25, 0.3) is 10.9 Å². The molecule has 1 heterocycles. The number of hydrogen-bond acceptors (Lipinski definition) is 2. The fourth-order valence-corrected chi connectivity index (χ4v) is 3.33. The summed E-state index contributed by atoms with van der Waals surface area (Å²) in [6, 6.07) is 16.2. The summed E-state index contributed by atoms with van der Waals surface area (Å²) in [4.78, 5) is 29.7. The standard InChI is InChI=1S/C23H26N2O2/c1-4-22(26)25(11-10-18-7-5-6-16(2)12-18)15-20-14-19-9-8-17(3)13-21(19)24-23(20)27/h5-9,12-14H,4,10-11,15H2,1-3H3,(H,24,27). The number of H-pyrrole nitrogens is 1. The first-order valence-corrected chi connectivity index (χ1v) is 9.42. The van der Waals surface area contributed by atoms with Gasteiger partial charge in [-0.1, -0.05) is 48.9 Å². The summed E-state index contributed by atoms with van der Waals surface area (Å²) in [5, 5.41) is 0.984. The van der Waals surface area contributed by atoms with E-state index in [0.29, 0.717) is 25.1 Å². The van der Waals surface area contributed by atoms with Crippen molar-refractivity contribution in [3.63, 3.8) is 0 Å². The Morgan fingerprint density at radius 3 is 2.56 bits per heavy atom. The minimum Gasteiger partial charge on any atom is -0.338 e. The Labute approximate surface area is 159 Å². The molecule has 0 saturated carbocycles. The minimum atomic E-state index is -0.127. The average Bonchev–Trinajstić information content (AvgIpc) is 2.65. The Morgan fingerprint density at radius 1 is 1.04 bits per heavy atom. The first-order valence-electron chi connectivity index (χ1n) is 9.42. The maximum atomic E-state index is 12.5. The first kappa shape index (κ1) is 18.9.